The van der Waals surface area contributed by atoms with Gasteiger partial charge in [-0.1, -0.05) is 0 Å². The van der Waals surface area contributed by atoms with Gasteiger partial charge in [-0.25, -0.2) is 4.98 Å². The Labute approximate surface area is 82.5 Å². The summed E-state index contributed by atoms with van der Waals surface area (Å²) in [5, 5.41) is 2.99. The van der Waals surface area contributed by atoms with Crippen molar-refractivity contribution in [3.05, 3.63) is 18.2 Å². The fourth-order valence-corrected chi connectivity index (χ4v) is 1.49. The summed E-state index contributed by atoms with van der Waals surface area (Å²) in [7, 11) is -3.82. The first-order valence-corrected chi connectivity index (χ1v) is 5.83. The van der Waals surface area contributed by atoms with Gasteiger partial charge >= 0.3 is 0 Å². The first kappa shape index (κ1) is 11.2. The van der Waals surface area contributed by atoms with Gasteiger partial charge < -0.3 is 10.3 Å². The molecule has 0 aliphatic heterocycles. The average molecular weight is 219 g/mol. The standard InChI is InChI=1S/C7H13N3O3S/c11-14(12,13)5-1-2-8-6-7-9-3-4-10-7/h3-4,8H,1-2,5-6H2,(H,9,10)(H,11,12,13). The maximum atomic E-state index is 10.3. The van der Waals surface area contributed by atoms with Crippen LogP contribution in [0.25, 0.3) is 0 Å². The molecule has 0 atom stereocenters. The van der Waals surface area contributed by atoms with Gasteiger partial charge in [0.1, 0.15) is 5.82 Å². The van der Waals surface area contributed by atoms with Crippen LogP contribution in [0, 0.1) is 0 Å². The molecule has 7 heteroatoms. The van der Waals surface area contributed by atoms with Gasteiger partial charge in [0.2, 0.25) is 0 Å². The van der Waals surface area contributed by atoms with Crippen molar-refractivity contribution in [3.8, 4) is 0 Å². The van der Waals surface area contributed by atoms with E-state index in [4.69, 9.17) is 4.55 Å². The minimum Gasteiger partial charge on any atom is -0.348 e. The van der Waals surface area contributed by atoms with Gasteiger partial charge in [0, 0.05) is 12.4 Å². The normalized spacial score (nSPS) is 11.8. The number of rotatable bonds is 6. The molecule has 0 spiro atoms. The minimum absolute atomic E-state index is 0.210. The lowest BCUT2D eigenvalue weighted by molar-refractivity contribution is 0.479. The molecule has 0 aliphatic rings. The third-order valence-electron chi connectivity index (χ3n) is 1.60. The molecule has 0 aromatic carbocycles. The van der Waals surface area contributed by atoms with Crippen molar-refractivity contribution in [1.29, 1.82) is 0 Å². The molecule has 1 rings (SSSR count). The van der Waals surface area contributed by atoms with Crippen molar-refractivity contribution in [3.63, 3.8) is 0 Å². The Morgan fingerprint density at radius 1 is 1.57 bits per heavy atom. The maximum Gasteiger partial charge on any atom is 0.264 e. The Hall–Kier alpha value is -0.920. The average Bonchev–Trinajstić information content (AvgIpc) is 2.54. The Kier molecular flexibility index (Phi) is 4.05. The molecule has 0 saturated carbocycles. The van der Waals surface area contributed by atoms with Crippen LogP contribution in [0.15, 0.2) is 12.4 Å². The van der Waals surface area contributed by atoms with E-state index in [9.17, 15) is 8.42 Å². The van der Waals surface area contributed by atoms with E-state index in [1.165, 1.54) is 0 Å². The summed E-state index contributed by atoms with van der Waals surface area (Å²) in [4.78, 5) is 6.88. The van der Waals surface area contributed by atoms with Crippen LogP contribution < -0.4 is 5.32 Å². The quantitative estimate of drug-likeness (QED) is 0.454. The van der Waals surface area contributed by atoms with Crippen molar-refractivity contribution in [1.82, 2.24) is 15.3 Å². The summed E-state index contributed by atoms with van der Waals surface area (Å²) < 4.78 is 29.1. The van der Waals surface area contributed by atoms with Gasteiger partial charge in [0.25, 0.3) is 10.1 Å². The number of nitrogens with one attached hydrogen (secondary N) is 2. The summed E-state index contributed by atoms with van der Waals surface area (Å²) in [5.74, 6) is 0.592. The molecule has 0 aliphatic carbocycles. The molecule has 6 nitrogen and oxygen atoms in total. The zero-order valence-electron chi connectivity index (χ0n) is 7.60. The molecule has 1 heterocycles. The number of H-pyrrole nitrogens is 1. The third kappa shape index (κ3) is 4.95. The SMILES string of the molecule is O=S(=O)(O)CCCNCc1ncc[nH]1. The lowest BCUT2D eigenvalue weighted by atomic mass is 10.4. The smallest absolute Gasteiger partial charge is 0.264 e. The van der Waals surface area contributed by atoms with Crippen LogP contribution in [0.1, 0.15) is 12.2 Å². The van der Waals surface area contributed by atoms with Crippen molar-refractivity contribution in [2.24, 2.45) is 0 Å². The van der Waals surface area contributed by atoms with Crippen LogP contribution >= 0.6 is 0 Å². The largest absolute Gasteiger partial charge is 0.348 e. The van der Waals surface area contributed by atoms with E-state index in [0.717, 1.165) is 5.82 Å². The number of aromatic amines is 1. The number of aromatic nitrogens is 2. The highest BCUT2D eigenvalue weighted by Crippen LogP contribution is 1.89. The molecule has 0 bridgehead atoms. The Bertz CT molecular complexity index is 346. The molecule has 0 fully saturated rings. The summed E-state index contributed by atoms with van der Waals surface area (Å²) in [5.41, 5.74) is 0. The highest BCUT2D eigenvalue weighted by atomic mass is 32.2. The fraction of sp³-hybridized carbons (Fsp3) is 0.571. The molecule has 0 saturated heterocycles. The lowest BCUT2D eigenvalue weighted by Crippen LogP contribution is -2.18. The molecule has 0 radical (unpaired) electrons. The number of nitrogens with zero attached hydrogens (tertiary/aromatic N) is 1. The van der Waals surface area contributed by atoms with Gasteiger partial charge in [-0.15, -0.1) is 0 Å². The number of hydrogen-bond acceptors (Lipinski definition) is 4. The second-order valence-electron chi connectivity index (χ2n) is 2.85. The Morgan fingerprint density at radius 3 is 2.93 bits per heavy atom. The molecule has 80 valence electrons. The molecule has 0 amide bonds. The summed E-state index contributed by atoms with van der Waals surface area (Å²) >= 11 is 0. The van der Waals surface area contributed by atoms with Crippen molar-refractivity contribution >= 4 is 10.1 Å². The van der Waals surface area contributed by atoms with E-state index in [1.54, 1.807) is 12.4 Å². The molecule has 1 aromatic rings. The zero-order valence-corrected chi connectivity index (χ0v) is 8.42. The predicted octanol–water partition coefficient (Wildman–Crippen LogP) is -0.223. The Balaban J connectivity index is 2.06. The first-order chi connectivity index (χ1) is 6.58. The maximum absolute atomic E-state index is 10.3. The highest BCUT2D eigenvalue weighted by Gasteiger charge is 2.02. The van der Waals surface area contributed by atoms with Gasteiger partial charge in [0.05, 0.1) is 12.3 Å². The van der Waals surface area contributed by atoms with Crippen molar-refractivity contribution in [2.45, 2.75) is 13.0 Å². The van der Waals surface area contributed by atoms with E-state index in [0.29, 0.717) is 19.5 Å². The molecule has 1 aromatic heterocycles. The minimum atomic E-state index is -3.82. The van der Waals surface area contributed by atoms with E-state index in [1.807, 2.05) is 0 Å². The van der Waals surface area contributed by atoms with Gasteiger partial charge in [0.15, 0.2) is 0 Å². The van der Waals surface area contributed by atoms with E-state index < -0.39 is 10.1 Å². The highest BCUT2D eigenvalue weighted by molar-refractivity contribution is 7.85. The van der Waals surface area contributed by atoms with E-state index in [2.05, 4.69) is 15.3 Å². The molecule has 3 N–H and O–H groups in total. The van der Waals surface area contributed by atoms with Gasteiger partial charge in [-0.2, -0.15) is 8.42 Å². The van der Waals surface area contributed by atoms with Crippen LogP contribution in [-0.4, -0.2) is 35.2 Å². The number of hydrogen-bond donors (Lipinski definition) is 3. The monoisotopic (exact) mass is 219 g/mol. The van der Waals surface area contributed by atoms with Gasteiger partial charge in [-0.3, -0.25) is 4.55 Å². The predicted molar refractivity (Wildman–Crippen MR) is 51.3 cm³/mol. The molecule has 14 heavy (non-hydrogen) atoms. The molecule has 0 unspecified atom stereocenters. The van der Waals surface area contributed by atoms with E-state index >= 15 is 0 Å². The van der Waals surface area contributed by atoms with Crippen LogP contribution in [0.3, 0.4) is 0 Å². The Morgan fingerprint density at radius 2 is 2.36 bits per heavy atom. The first-order valence-electron chi connectivity index (χ1n) is 4.22. The summed E-state index contributed by atoms with van der Waals surface area (Å²) in [6.45, 7) is 1.10. The van der Waals surface area contributed by atoms with Crippen LogP contribution in [0.4, 0.5) is 0 Å². The van der Waals surface area contributed by atoms with Crippen LogP contribution in [0.5, 0.6) is 0 Å². The molecular weight excluding hydrogens is 206 g/mol. The zero-order chi connectivity index (χ0) is 10.4. The second-order valence-corrected chi connectivity index (χ2v) is 4.42. The van der Waals surface area contributed by atoms with Crippen molar-refractivity contribution < 1.29 is 13.0 Å². The topological polar surface area (TPSA) is 95.1 Å². The summed E-state index contributed by atoms with van der Waals surface area (Å²) in [6, 6.07) is 0. The molecular formula is C7H13N3O3S. The fourth-order valence-electron chi connectivity index (χ4n) is 0.981. The lowest BCUT2D eigenvalue weighted by Gasteiger charge is -2.00. The van der Waals surface area contributed by atoms with Crippen LogP contribution in [-0.2, 0) is 16.7 Å². The third-order valence-corrected chi connectivity index (χ3v) is 2.41. The number of imidazole rings is 1. The van der Waals surface area contributed by atoms with Crippen LogP contribution in [0.2, 0.25) is 0 Å². The summed E-state index contributed by atoms with van der Waals surface area (Å²) in [6.07, 6.45) is 3.75. The van der Waals surface area contributed by atoms with Crippen molar-refractivity contribution in [2.75, 3.05) is 12.3 Å². The second kappa shape index (κ2) is 5.08. The van der Waals surface area contributed by atoms with E-state index in [-0.39, 0.29) is 5.75 Å². The van der Waals surface area contributed by atoms with Gasteiger partial charge in [-0.05, 0) is 13.0 Å².